The Hall–Kier alpha value is -3.47. The summed E-state index contributed by atoms with van der Waals surface area (Å²) in [5, 5.41) is 21.9. The van der Waals surface area contributed by atoms with Gasteiger partial charge in [-0.15, -0.1) is 0 Å². The van der Waals surface area contributed by atoms with Crippen molar-refractivity contribution in [3.8, 4) is 5.75 Å². The summed E-state index contributed by atoms with van der Waals surface area (Å²) in [5.41, 5.74) is 3.73. The largest absolute Gasteiger partial charge is 0.502 e. The molecule has 0 amide bonds. The van der Waals surface area contributed by atoms with E-state index in [0.29, 0.717) is 17.9 Å². The summed E-state index contributed by atoms with van der Waals surface area (Å²) in [5.74, 6) is -0.0210. The molecule has 0 aliphatic carbocycles. The van der Waals surface area contributed by atoms with Crippen LogP contribution < -0.4 is 0 Å². The van der Waals surface area contributed by atoms with Crippen molar-refractivity contribution in [3.63, 3.8) is 0 Å². The van der Waals surface area contributed by atoms with Crippen molar-refractivity contribution in [2.45, 2.75) is 32.6 Å². The molecular weight excluding hydrogens is 364 g/mol. The van der Waals surface area contributed by atoms with Crippen LogP contribution in [0.1, 0.15) is 48.4 Å². The predicted molar refractivity (Wildman–Crippen MR) is 116 cm³/mol. The van der Waals surface area contributed by atoms with Crippen LogP contribution in [-0.4, -0.2) is 16.2 Å². The molecule has 1 N–H and O–H groups in total. The van der Waals surface area contributed by atoms with Crippen molar-refractivity contribution in [1.29, 1.82) is 0 Å². The number of aliphatic imine (C=N–C) groups is 1. The molecule has 0 bridgehead atoms. The molecule has 0 aromatic heterocycles. The second-order valence-corrected chi connectivity index (χ2v) is 7.10. The van der Waals surface area contributed by atoms with E-state index in [4.69, 9.17) is 0 Å². The third kappa shape index (κ3) is 4.88. The number of nitro groups is 1. The van der Waals surface area contributed by atoms with Gasteiger partial charge < -0.3 is 5.11 Å². The van der Waals surface area contributed by atoms with E-state index in [1.54, 1.807) is 6.07 Å². The summed E-state index contributed by atoms with van der Waals surface area (Å²) in [7, 11) is 0. The van der Waals surface area contributed by atoms with Gasteiger partial charge in [0.1, 0.15) is 0 Å². The van der Waals surface area contributed by atoms with Gasteiger partial charge in [0, 0.05) is 17.8 Å². The Balaban J connectivity index is 2.00. The van der Waals surface area contributed by atoms with Gasteiger partial charge in [0.2, 0.25) is 5.75 Å². The summed E-state index contributed by atoms with van der Waals surface area (Å²) < 4.78 is 0. The Kier molecular flexibility index (Phi) is 6.39. The predicted octanol–water partition coefficient (Wildman–Crippen LogP) is 6.16. The number of phenols is 1. The average molecular weight is 388 g/mol. The molecule has 0 fully saturated rings. The number of nitrogens with zero attached hydrogens (tertiary/aromatic N) is 2. The fraction of sp³-hybridized carbons (Fsp3) is 0.208. The molecule has 5 heteroatoms. The van der Waals surface area contributed by atoms with E-state index in [-0.39, 0.29) is 11.4 Å². The lowest BCUT2D eigenvalue weighted by atomic mass is 9.97. The van der Waals surface area contributed by atoms with E-state index in [0.717, 1.165) is 28.8 Å². The Morgan fingerprint density at radius 1 is 1.07 bits per heavy atom. The van der Waals surface area contributed by atoms with Crippen LogP contribution in [0.3, 0.4) is 0 Å². The van der Waals surface area contributed by atoms with E-state index in [2.05, 4.69) is 18.8 Å². The number of phenolic OH excluding ortho intramolecular Hbond substituents is 1. The first-order valence-corrected chi connectivity index (χ1v) is 9.66. The molecule has 148 valence electrons. The van der Waals surface area contributed by atoms with E-state index in [1.165, 1.54) is 12.3 Å². The maximum atomic E-state index is 11.4. The molecule has 0 saturated heterocycles. The summed E-state index contributed by atoms with van der Waals surface area (Å²) in [6, 6.07) is 20.7. The van der Waals surface area contributed by atoms with E-state index >= 15 is 0 Å². The van der Waals surface area contributed by atoms with E-state index in [9.17, 15) is 15.2 Å². The standard InChI is InChI=1S/C24H24N2O3/c1-3-17(2)21-11-7-8-12-22(21)25-16-20-14-19(13-18-9-5-4-6-10-18)15-23(24(20)27)26(28)29/h4-12,14-17,27H,3,13H2,1-2H3. The highest BCUT2D eigenvalue weighted by atomic mass is 16.6. The zero-order valence-electron chi connectivity index (χ0n) is 16.6. The van der Waals surface area contributed by atoms with Gasteiger partial charge >= 0.3 is 5.69 Å². The average Bonchev–Trinajstić information content (AvgIpc) is 2.74. The third-order valence-electron chi connectivity index (χ3n) is 5.05. The molecule has 3 rings (SSSR count). The van der Waals surface area contributed by atoms with Gasteiger partial charge in [-0.2, -0.15) is 0 Å². The zero-order chi connectivity index (χ0) is 20.8. The van der Waals surface area contributed by atoms with E-state index < -0.39 is 4.92 Å². The molecule has 29 heavy (non-hydrogen) atoms. The minimum atomic E-state index is -0.561. The SMILES string of the molecule is CCC(C)c1ccccc1N=Cc1cc(Cc2ccccc2)cc([N+](=O)[O-])c1O. The van der Waals surface area contributed by atoms with Gasteiger partial charge in [0.15, 0.2) is 0 Å². The molecule has 0 heterocycles. The first kappa shape index (κ1) is 20.3. The molecule has 0 saturated carbocycles. The monoisotopic (exact) mass is 388 g/mol. The Morgan fingerprint density at radius 3 is 2.45 bits per heavy atom. The van der Waals surface area contributed by atoms with Gasteiger partial charge in [0.05, 0.1) is 10.6 Å². The minimum Gasteiger partial charge on any atom is -0.502 e. The number of para-hydroxylation sites is 1. The number of hydrogen-bond donors (Lipinski definition) is 1. The maximum Gasteiger partial charge on any atom is 0.311 e. The van der Waals surface area contributed by atoms with Crippen molar-refractivity contribution in [2.75, 3.05) is 0 Å². The number of rotatable bonds is 7. The Morgan fingerprint density at radius 2 is 1.76 bits per heavy atom. The second-order valence-electron chi connectivity index (χ2n) is 7.10. The van der Waals surface area contributed by atoms with Crippen LogP contribution in [0.5, 0.6) is 5.75 Å². The Bertz CT molecular complexity index is 1030. The minimum absolute atomic E-state index is 0.310. The highest BCUT2D eigenvalue weighted by molar-refractivity contribution is 5.88. The first-order chi connectivity index (χ1) is 14.0. The second kappa shape index (κ2) is 9.15. The number of benzene rings is 3. The molecule has 1 atom stereocenters. The van der Waals surface area contributed by atoms with Gasteiger partial charge in [0.25, 0.3) is 0 Å². The van der Waals surface area contributed by atoms with Crippen LogP contribution in [0.15, 0.2) is 71.7 Å². The van der Waals surface area contributed by atoms with Crippen LogP contribution in [-0.2, 0) is 6.42 Å². The number of nitro benzene ring substituents is 1. The number of hydrogen-bond acceptors (Lipinski definition) is 4. The van der Waals surface area contributed by atoms with Crippen molar-refractivity contribution < 1.29 is 10.0 Å². The Labute approximate surface area is 170 Å². The van der Waals surface area contributed by atoms with Crippen LogP contribution in [0, 0.1) is 10.1 Å². The fourth-order valence-corrected chi connectivity index (χ4v) is 3.25. The smallest absolute Gasteiger partial charge is 0.311 e. The summed E-state index contributed by atoms with van der Waals surface area (Å²) in [6.45, 7) is 4.25. The molecule has 3 aromatic rings. The van der Waals surface area contributed by atoms with Crippen molar-refractivity contribution in [1.82, 2.24) is 0 Å². The normalized spacial score (nSPS) is 12.2. The van der Waals surface area contributed by atoms with Crippen LogP contribution >= 0.6 is 0 Å². The summed E-state index contributed by atoms with van der Waals surface area (Å²) >= 11 is 0. The maximum absolute atomic E-state index is 11.4. The molecule has 3 aromatic carbocycles. The van der Waals surface area contributed by atoms with Crippen molar-refractivity contribution in [3.05, 3.63) is 99.1 Å². The molecule has 1 unspecified atom stereocenters. The van der Waals surface area contributed by atoms with Gasteiger partial charge in [-0.1, -0.05) is 62.4 Å². The zero-order valence-corrected chi connectivity index (χ0v) is 16.6. The molecule has 0 radical (unpaired) electrons. The van der Waals surface area contributed by atoms with Gasteiger partial charge in [-0.3, -0.25) is 15.1 Å². The van der Waals surface area contributed by atoms with Gasteiger partial charge in [-0.25, -0.2) is 0 Å². The highest BCUT2D eigenvalue weighted by Crippen LogP contribution is 2.33. The van der Waals surface area contributed by atoms with E-state index in [1.807, 2.05) is 54.6 Å². The fourth-order valence-electron chi connectivity index (χ4n) is 3.25. The molecule has 5 nitrogen and oxygen atoms in total. The lowest BCUT2D eigenvalue weighted by Crippen LogP contribution is -1.97. The highest BCUT2D eigenvalue weighted by Gasteiger charge is 2.18. The first-order valence-electron chi connectivity index (χ1n) is 9.66. The molecule has 0 spiro atoms. The molecule has 0 aliphatic rings. The molecule has 0 aliphatic heterocycles. The van der Waals surface area contributed by atoms with Crippen molar-refractivity contribution in [2.24, 2.45) is 4.99 Å². The number of aromatic hydroxyl groups is 1. The van der Waals surface area contributed by atoms with Crippen LogP contribution in [0.25, 0.3) is 0 Å². The van der Waals surface area contributed by atoms with Gasteiger partial charge in [-0.05, 0) is 47.6 Å². The lowest BCUT2D eigenvalue weighted by Gasteiger charge is -2.12. The van der Waals surface area contributed by atoms with Crippen LogP contribution in [0.4, 0.5) is 11.4 Å². The van der Waals surface area contributed by atoms with Crippen molar-refractivity contribution >= 4 is 17.6 Å². The molecular formula is C24H24N2O3. The summed E-state index contributed by atoms with van der Waals surface area (Å²) in [6.07, 6.45) is 3.03. The quantitative estimate of drug-likeness (QED) is 0.299. The summed E-state index contributed by atoms with van der Waals surface area (Å²) in [4.78, 5) is 15.4. The topological polar surface area (TPSA) is 75.7 Å². The third-order valence-corrected chi connectivity index (χ3v) is 5.05. The van der Waals surface area contributed by atoms with Crippen LogP contribution in [0.2, 0.25) is 0 Å². The lowest BCUT2D eigenvalue weighted by molar-refractivity contribution is -0.385.